The lowest BCUT2D eigenvalue weighted by Crippen LogP contribution is -2.43. The largest absolute Gasteiger partial charge is 0.379 e. The molecule has 1 amide bonds. The van der Waals surface area contributed by atoms with Crippen LogP contribution in [0.4, 0.5) is 0 Å². The zero-order chi connectivity index (χ0) is 18.0. The number of aryl methyl sites for hydroxylation is 1. The maximum atomic E-state index is 12.9. The van der Waals surface area contributed by atoms with Crippen molar-refractivity contribution in [2.24, 2.45) is 12.5 Å². The number of likely N-dealkylation sites (tertiary alicyclic amines) is 1. The highest BCUT2D eigenvalue weighted by Gasteiger charge is 2.42. The summed E-state index contributed by atoms with van der Waals surface area (Å²) in [6.45, 7) is 5.34. The van der Waals surface area contributed by atoms with Crippen LogP contribution in [0, 0.1) is 5.41 Å². The summed E-state index contributed by atoms with van der Waals surface area (Å²) < 4.78 is 7.94. The predicted octanol–water partition coefficient (Wildman–Crippen LogP) is 0.575. The van der Waals surface area contributed by atoms with Crippen molar-refractivity contribution in [3.05, 3.63) is 42.2 Å². The molecule has 0 unspecified atom stereocenters. The van der Waals surface area contributed by atoms with Crippen LogP contribution in [0.2, 0.25) is 0 Å². The fourth-order valence-corrected chi connectivity index (χ4v) is 3.92. The van der Waals surface area contributed by atoms with Crippen LogP contribution in [-0.2, 0) is 18.3 Å². The number of hydrogen-bond acceptors (Lipinski definition) is 6. The number of carbonyl (C=O) groups excluding carboxylic acids is 1. The first-order valence-electron chi connectivity index (χ1n) is 8.98. The molecule has 2 aromatic rings. The zero-order valence-electron chi connectivity index (χ0n) is 15.0. The average Bonchev–Trinajstić information content (AvgIpc) is 3.17. The Morgan fingerprint density at radius 1 is 1.27 bits per heavy atom. The highest BCUT2D eigenvalue weighted by Crippen LogP contribution is 2.34. The first-order valence-corrected chi connectivity index (χ1v) is 8.98. The van der Waals surface area contributed by atoms with Crippen LogP contribution >= 0.6 is 0 Å². The minimum absolute atomic E-state index is 0.00678. The van der Waals surface area contributed by atoms with Crippen molar-refractivity contribution in [2.75, 3.05) is 39.4 Å². The van der Waals surface area contributed by atoms with Crippen LogP contribution in [0.3, 0.4) is 0 Å². The van der Waals surface area contributed by atoms with Crippen molar-refractivity contribution in [2.45, 2.75) is 13.0 Å². The number of amides is 1. The van der Waals surface area contributed by atoms with Crippen LogP contribution in [0.25, 0.3) is 0 Å². The van der Waals surface area contributed by atoms with E-state index < -0.39 is 0 Å². The van der Waals surface area contributed by atoms with Gasteiger partial charge in [0, 0.05) is 44.5 Å². The van der Waals surface area contributed by atoms with Gasteiger partial charge in [0.1, 0.15) is 5.82 Å². The molecule has 1 atom stereocenters. The molecule has 138 valence electrons. The van der Waals surface area contributed by atoms with Crippen molar-refractivity contribution in [1.29, 1.82) is 0 Å². The number of ether oxygens (including phenoxy) is 1. The SMILES string of the molecule is Cn1ccnc1CN1CC[C@@]2(COCCN(C(=O)c3ccnnc3)C2)C1. The van der Waals surface area contributed by atoms with E-state index in [4.69, 9.17) is 4.74 Å². The van der Waals surface area contributed by atoms with Gasteiger partial charge in [-0.1, -0.05) is 0 Å². The Bertz CT molecular complexity index is 764. The molecule has 0 aromatic carbocycles. The van der Waals surface area contributed by atoms with E-state index in [0.29, 0.717) is 31.9 Å². The molecule has 0 saturated carbocycles. The summed E-state index contributed by atoms with van der Waals surface area (Å²) in [5.41, 5.74) is 0.567. The number of carbonyl (C=O) groups is 1. The van der Waals surface area contributed by atoms with Gasteiger partial charge in [0.05, 0.1) is 37.7 Å². The van der Waals surface area contributed by atoms with Gasteiger partial charge in [0.2, 0.25) is 0 Å². The Morgan fingerprint density at radius 3 is 2.96 bits per heavy atom. The molecule has 2 aliphatic rings. The monoisotopic (exact) mass is 356 g/mol. The van der Waals surface area contributed by atoms with E-state index >= 15 is 0 Å². The molecule has 2 saturated heterocycles. The quantitative estimate of drug-likeness (QED) is 0.801. The highest BCUT2D eigenvalue weighted by molar-refractivity contribution is 5.93. The van der Waals surface area contributed by atoms with Crippen molar-refractivity contribution >= 4 is 5.91 Å². The second-order valence-corrected chi connectivity index (χ2v) is 7.33. The van der Waals surface area contributed by atoms with E-state index in [1.807, 2.05) is 24.3 Å². The molecule has 0 N–H and O–H groups in total. The molecule has 0 radical (unpaired) electrons. The molecule has 2 aromatic heterocycles. The molecule has 1 spiro atoms. The summed E-state index contributed by atoms with van der Waals surface area (Å²) in [5.74, 6) is 1.07. The molecule has 26 heavy (non-hydrogen) atoms. The Balaban J connectivity index is 1.46. The van der Waals surface area contributed by atoms with Gasteiger partial charge < -0.3 is 14.2 Å². The van der Waals surface area contributed by atoms with E-state index in [0.717, 1.165) is 31.9 Å². The van der Waals surface area contributed by atoms with Crippen LogP contribution in [0.5, 0.6) is 0 Å². The van der Waals surface area contributed by atoms with Crippen molar-refractivity contribution in [3.63, 3.8) is 0 Å². The van der Waals surface area contributed by atoms with Gasteiger partial charge in [0.15, 0.2) is 0 Å². The second kappa shape index (κ2) is 7.13. The zero-order valence-corrected chi connectivity index (χ0v) is 15.0. The van der Waals surface area contributed by atoms with Gasteiger partial charge in [-0.3, -0.25) is 9.69 Å². The van der Waals surface area contributed by atoms with Crippen molar-refractivity contribution in [3.8, 4) is 0 Å². The van der Waals surface area contributed by atoms with Gasteiger partial charge in [-0.25, -0.2) is 4.98 Å². The van der Waals surface area contributed by atoms with E-state index in [9.17, 15) is 4.79 Å². The molecule has 0 bridgehead atoms. The third-order valence-electron chi connectivity index (χ3n) is 5.36. The molecular formula is C18H24N6O2. The van der Waals surface area contributed by atoms with Gasteiger partial charge in [-0.15, -0.1) is 0 Å². The smallest absolute Gasteiger partial charge is 0.255 e. The van der Waals surface area contributed by atoms with Gasteiger partial charge >= 0.3 is 0 Å². The van der Waals surface area contributed by atoms with Gasteiger partial charge in [-0.2, -0.15) is 10.2 Å². The lowest BCUT2D eigenvalue weighted by atomic mass is 9.87. The molecule has 4 rings (SSSR count). The highest BCUT2D eigenvalue weighted by atomic mass is 16.5. The topological polar surface area (TPSA) is 76.4 Å². The summed E-state index contributed by atoms with van der Waals surface area (Å²) in [6.07, 6.45) is 7.91. The standard InChI is InChI=1S/C18H24N6O2/c1-22-7-5-19-16(22)11-23-6-3-18(12-23)13-24(8-9-26-14-18)17(25)15-2-4-20-21-10-15/h2,4-5,7,10H,3,6,8-9,11-14H2,1H3/t18-/m1/s1. The Kier molecular flexibility index (Phi) is 4.69. The first-order chi connectivity index (χ1) is 12.7. The van der Waals surface area contributed by atoms with E-state index in [-0.39, 0.29) is 11.3 Å². The number of hydrogen-bond donors (Lipinski definition) is 0. The summed E-state index contributed by atoms with van der Waals surface area (Å²) >= 11 is 0. The number of imidazole rings is 1. The lowest BCUT2D eigenvalue weighted by molar-refractivity contribution is 0.0642. The maximum Gasteiger partial charge on any atom is 0.255 e. The molecule has 4 heterocycles. The predicted molar refractivity (Wildman–Crippen MR) is 94.3 cm³/mol. The van der Waals surface area contributed by atoms with E-state index in [2.05, 4.69) is 24.6 Å². The Morgan fingerprint density at radius 2 is 2.19 bits per heavy atom. The maximum absolute atomic E-state index is 12.9. The minimum atomic E-state index is -0.0161. The van der Waals surface area contributed by atoms with Crippen LogP contribution in [0.15, 0.2) is 30.9 Å². The van der Waals surface area contributed by atoms with Crippen LogP contribution in [0.1, 0.15) is 22.6 Å². The number of aromatic nitrogens is 4. The van der Waals surface area contributed by atoms with Crippen LogP contribution < -0.4 is 0 Å². The normalized spacial score (nSPS) is 24.1. The molecule has 2 aliphatic heterocycles. The van der Waals surface area contributed by atoms with Crippen molar-refractivity contribution in [1.82, 2.24) is 29.5 Å². The fourth-order valence-electron chi connectivity index (χ4n) is 3.92. The Labute approximate surface area is 152 Å². The second-order valence-electron chi connectivity index (χ2n) is 7.33. The minimum Gasteiger partial charge on any atom is -0.379 e. The van der Waals surface area contributed by atoms with Gasteiger partial charge in [-0.05, 0) is 19.0 Å². The summed E-state index contributed by atoms with van der Waals surface area (Å²) in [4.78, 5) is 21.6. The summed E-state index contributed by atoms with van der Waals surface area (Å²) in [6, 6.07) is 1.72. The lowest BCUT2D eigenvalue weighted by Gasteiger charge is -2.32. The first kappa shape index (κ1) is 17.1. The number of rotatable bonds is 3. The molecule has 2 fully saturated rings. The van der Waals surface area contributed by atoms with Crippen LogP contribution in [-0.4, -0.2) is 74.8 Å². The van der Waals surface area contributed by atoms with E-state index in [1.54, 1.807) is 12.3 Å². The fraction of sp³-hybridized carbons (Fsp3) is 0.556. The molecule has 0 aliphatic carbocycles. The molecular weight excluding hydrogens is 332 g/mol. The summed E-state index contributed by atoms with van der Waals surface area (Å²) in [5, 5.41) is 7.58. The number of nitrogens with zero attached hydrogens (tertiary/aromatic N) is 6. The van der Waals surface area contributed by atoms with E-state index in [1.165, 1.54) is 6.20 Å². The average molecular weight is 356 g/mol. The van der Waals surface area contributed by atoms with Crippen molar-refractivity contribution < 1.29 is 9.53 Å². The van der Waals surface area contributed by atoms with Gasteiger partial charge in [0.25, 0.3) is 5.91 Å². The third kappa shape index (κ3) is 3.47. The molecule has 8 nitrogen and oxygen atoms in total. The third-order valence-corrected chi connectivity index (χ3v) is 5.36. The summed E-state index contributed by atoms with van der Waals surface area (Å²) in [7, 11) is 2.02. The molecule has 8 heteroatoms. The Hall–Kier alpha value is -2.32.